The molecule has 1 unspecified atom stereocenters. The number of nitrogens with zero attached hydrogens (tertiary/aromatic N) is 3. The van der Waals surface area contributed by atoms with Gasteiger partial charge in [-0.1, -0.05) is 23.7 Å². The first-order chi connectivity index (χ1) is 13.0. The summed E-state index contributed by atoms with van der Waals surface area (Å²) in [6.07, 6.45) is 2.46. The molecule has 1 aromatic carbocycles. The Hall–Kier alpha value is -2.41. The summed E-state index contributed by atoms with van der Waals surface area (Å²) in [5.41, 5.74) is 0.776. The minimum absolute atomic E-state index is 0.0753. The van der Waals surface area contributed by atoms with E-state index in [1.54, 1.807) is 29.2 Å². The second-order valence-corrected chi connectivity index (χ2v) is 7.20. The van der Waals surface area contributed by atoms with E-state index in [1.807, 2.05) is 0 Å². The van der Waals surface area contributed by atoms with E-state index in [0.717, 1.165) is 31.5 Å². The molecule has 2 heterocycles. The van der Waals surface area contributed by atoms with Crippen LogP contribution in [-0.4, -0.2) is 46.6 Å². The molecule has 0 aliphatic carbocycles. The Morgan fingerprint density at radius 2 is 2.11 bits per heavy atom. The predicted molar refractivity (Wildman–Crippen MR) is 99.0 cm³/mol. The molecule has 0 bridgehead atoms. The first-order valence-electron chi connectivity index (χ1n) is 9.03. The lowest BCUT2D eigenvalue weighted by atomic mass is 10.0. The number of halogens is 1. The number of aromatic nitrogens is 2. The monoisotopic (exact) mass is 391 g/mol. The summed E-state index contributed by atoms with van der Waals surface area (Å²) >= 11 is 5.85. The van der Waals surface area contributed by atoms with Gasteiger partial charge in [0.1, 0.15) is 0 Å². The van der Waals surface area contributed by atoms with E-state index in [4.69, 9.17) is 20.9 Å². The molecule has 144 valence electrons. The third-order valence-electron chi connectivity index (χ3n) is 4.48. The van der Waals surface area contributed by atoms with Gasteiger partial charge < -0.3 is 14.2 Å². The summed E-state index contributed by atoms with van der Waals surface area (Å²) in [7, 11) is 0. The van der Waals surface area contributed by atoms with Gasteiger partial charge in [0.05, 0.1) is 6.42 Å². The maximum atomic E-state index is 12.1. The minimum Gasteiger partial charge on any atom is -0.456 e. The average Bonchev–Trinajstić information content (AvgIpc) is 3.14. The van der Waals surface area contributed by atoms with Crippen LogP contribution in [0.25, 0.3) is 11.4 Å². The smallest absolute Gasteiger partial charge is 0.306 e. The van der Waals surface area contributed by atoms with E-state index in [1.165, 1.54) is 0 Å². The fourth-order valence-electron chi connectivity index (χ4n) is 3.00. The first-order valence-corrected chi connectivity index (χ1v) is 9.41. The van der Waals surface area contributed by atoms with Crippen LogP contribution < -0.4 is 0 Å². The quantitative estimate of drug-likeness (QED) is 0.703. The highest BCUT2D eigenvalue weighted by molar-refractivity contribution is 6.30. The van der Waals surface area contributed by atoms with E-state index >= 15 is 0 Å². The SMILES string of the molecule is CC1CCCN(C(=O)COC(=O)CCc2nc(-c3ccc(Cl)cc3)no2)C1. The van der Waals surface area contributed by atoms with Crippen molar-refractivity contribution in [3.8, 4) is 11.4 Å². The van der Waals surface area contributed by atoms with Crippen molar-refractivity contribution >= 4 is 23.5 Å². The van der Waals surface area contributed by atoms with Crippen molar-refractivity contribution in [3.05, 3.63) is 35.2 Å². The Balaban J connectivity index is 1.43. The second kappa shape index (κ2) is 8.99. The maximum absolute atomic E-state index is 12.1. The van der Waals surface area contributed by atoms with Crippen LogP contribution in [0.1, 0.15) is 32.1 Å². The zero-order valence-corrected chi connectivity index (χ0v) is 15.9. The molecule has 1 fully saturated rings. The molecule has 8 heteroatoms. The Morgan fingerprint density at radius 1 is 1.33 bits per heavy atom. The Bertz CT molecular complexity index is 791. The number of likely N-dealkylation sites (tertiary alicyclic amines) is 1. The highest BCUT2D eigenvalue weighted by Crippen LogP contribution is 2.19. The molecular formula is C19H22ClN3O4. The Labute approximate surface area is 162 Å². The molecule has 3 rings (SSSR count). The number of carbonyl (C=O) groups is 2. The lowest BCUT2D eigenvalue weighted by Crippen LogP contribution is -2.41. The van der Waals surface area contributed by atoms with Crippen LogP contribution in [0.4, 0.5) is 0 Å². The van der Waals surface area contributed by atoms with Crippen LogP contribution in [0.5, 0.6) is 0 Å². The topological polar surface area (TPSA) is 85.5 Å². The number of benzene rings is 1. The van der Waals surface area contributed by atoms with Crippen LogP contribution in [0.15, 0.2) is 28.8 Å². The summed E-state index contributed by atoms with van der Waals surface area (Å²) in [5.74, 6) is 0.667. The van der Waals surface area contributed by atoms with E-state index in [9.17, 15) is 9.59 Å². The highest BCUT2D eigenvalue weighted by Gasteiger charge is 2.22. The van der Waals surface area contributed by atoms with Crippen LogP contribution >= 0.6 is 11.6 Å². The lowest BCUT2D eigenvalue weighted by molar-refractivity contribution is -0.152. The number of rotatable bonds is 6. The number of amides is 1. The molecule has 1 aromatic heterocycles. The van der Waals surface area contributed by atoms with Gasteiger partial charge in [-0.25, -0.2) is 0 Å². The van der Waals surface area contributed by atoms with Gasteiger partial charge in [0.15, 0.2) is 6.61 Å². The van der Waals surface area contributed by atoms with Gasteiger partial charge in [-0.2, -0.15) is 4.98 Å². The van der Waals surface area contributed by atoms with Gasteiger partial charge in [-0.3, -0.25) is 9.59 Å². The number of hydrogen-bond donors (Lipinski definition) is 0. The third kappa shape index (κ3) is 5.53. The first kappa shape index (κ1) is 19.4. The summed E-state index contributed by atoms with van der Waals surface area (Å²) in [6.45, 7) is 3.36. The van der Waals surface area contributed by atoms with Gasteiger partial charge in [-0.15, -0.1) is 0 Å². The van der Waals surface area contributed by atoms with E-state index < -0.39 is 5.97 Å². The van der Waals surface area contributed by atoms with Crippen molar-refractivity contribution in [2.75, 3.05) is 19.7 Å². The van der Waals surface area contributed by atoms with Crippen molar-refractivity contribution in [1.29, 1.82) is 0 Å². The summed E-state index contributed by atoms with van der Waals surface area (Å²) in [6, 6.07) is 7.06. The Kier molecular flexibility index (Phi) is 6.45. The van der Waals surface area contributed by atoms with Crippen LogP contribution in [0.3, 0.4) is 0 Å². The fraction of sp³-hybridized carbons (Fsp3) is 0.474. The molecule has 1 atom stereocenters. The minimum atomic E-state index is -0.459. The molecule has 1 aliphatic rings. The molecule has 2 aromatic rings. The number of aryl methyl sites for hydroxylation is 1. The van der Waals surface area contributed by atoms with E-state index in [-0.39, 0.29) is 25.4 Å². The zero-order valence-electron chi connectivity index (χ0n) is 15.2. The van der Waals surface area contributed by atoms with Crippen LogP contribution in [0, 0.1) is 5.92 Å². The molecule has 0 N–H and O–H groups in total. The molecule has 1 saturated heterocycles. The lowest BCUT2D eigenvalue weighted by Gasteiger charge is -2.30. The van der Waals surface area contributed by atoms with Gasteiger partial charge in [0, 0.05) is 30.1 Å². The van der Waals surface area contributed by atoms with Gasteiger partial charge >= 0.3 is 5.97 Å². The molecule has 0 spiro atoms. The number of esters is 1. The van der Waals surface area contributed by atoms with E-state index in [0.29, 0.717) is 22.7 Å². The summed E-state index contributed by atoms with van der Waals surface area (Å²) in [5, 5.41) is 4.52. The molecule has 7 nitrogen and oxygen atoms in total. The zero-order chi connectivity index (χ0) is 19.2. The average molecular weight is 392 g/mol. The molecule has 0 radical (unpaired) electrons. The maximum Gasteiger partial charge on any atom is 0.306 e. The summed E-state index contributed by atoms with van der Waals surface area (Å²) < 4.78 is 10.2. The van der Waals surface area contributed by atoms with Gasteiger partial charge in [0.2, 0.25) is 11.7 Å². The second-order valence-electron chi connectivity index (χ2n) is 6.77. The standard InChI is InChI=1S/C19H22ClN3O4/c1-13-3-2-10-23(11-13)17(24)12-26-18(25)9-8-16-21-19(22-27-16)14-4-6-15(20)7-5-14/h4-7,13H,2-3,8-12H2,1H3. The number of piperidine rings is 1. The Morgan fingerprint density at radius 3 is 2.85 bits per heavy atom. The van der Waals surface area contributed by atoms with Crippen molar-refractivity contribution in [1.82, 2.24) is 15.0 Å². The summed E-state index contributed by atoms with van der Waals surface area (Å²) in [4.78, 5) is 30.0. The van der Waals surface area contributed by atoms with E-state index in [2.05, 4.69) is 17.1 Å². The van der Waals surface area contributed by atoms with Crippen LogP contribution in [-0.2, 0) is 20.7 Å². The van der Waals surface area contributed by atoms with Crippen molar-refractivity contribution < 1.29 is 18.8 Å². The largest absolute Gasteiger partial charge is 0.456 e. The van der Waals surface area contributed by atoms with Crippen molar-refractivity contribution in [2.24, 2.45) is 5.92 Å². The number of carbonyl (C=O) groups excluding carboxylic acids is 2. The number of hydrogen-bond acceptors (Lipinski definition) is 6. The van der Waals surface area contributed by atoms with Crippen molar-refractivity contribution in [2.45, 2.75) is 32.6 Å². The van der Waals surface area contributed by atoms with Gasteiger partial charge in [0.25, 0.3) is 5.91 Å². The highest BCUT2D eigenvalue weighted by atomic mass is 35.5. The van der Waals surface area contributed by atoms with Gasteiger partial charge in [-0.05, 0) is 43.0 Å². The van der Waals surface area contributed by atoms with Crippen molar-refractivity contribution in [3.63, 3.8) is 0 Å². The normalized spacial score (nSPS) is 17.0. The third-order valence-corrected chi connectivity index (χ3v) is 4.73. The molecule has 1 aliphatic heterocycles. The fourth-order valence-corrected chi connectivity index (χ4v) is 3.13. The molecular weight excluding hydrogens is 370 g/mol. The number of ether oxygens (including phenoxy) is 1. The van der Waals surface area contributed by atoms with Crippen LogP contribution in [0.2, 0.25) is 5.02 Å². The predicted octanol–water partition coefficient (Wildman–Crippen LogP) is 3.12. The molecule has 1 amide bonds. The molecule has 27 heavy (non-hydrogen) atoms. The molecule has 0 saturated carbocycles.